The Morgan fingerprint density at radius 1 is 1.33 bits per heavy atom. The van der Waals surface area contributed by atoms with Crippen LogP contribution in [-0.4, -0.2) is 17.5 Å². The molecule has 0 amide bonds. The Labute approximate surface area is 85.0 Å². The van der Waals surface area contributed by atoms with E-state index in [9.17, 15) is 0 Å². The van der Waals surface area contributed by atoms with Gasteiger partial charge in [0.15, 0.2) is 0 Å². The van der Waals surface area contributed by atoms with Crippen molar-refractivity contribution in [1.82, 2.24) is 0 Å². The molecule has 0 radical (unpaired) electrons. The van der Waals surface area contributed by atoms with Gasteiger partial charge in [0.2, 0.25) is 0 Å². The van der Waals surface area contributed by atoms with Crippen molar-refractivity contribution in [2.75, 3.05) is 11.9 Å². The third kappa shape index (κ3) is 7.11. The fraction of sp³-hybridized carbons (Fsp3) is 1.00. The third-order valence-electron chi connectivity index (χ3n) is 1.74. The van der Waals surface area contributed by atoms with E-state index in [4.69, 9.17) is 4.74 Å². The zero-order chi connectivity index (χ0) is 9.61. The van der Waals surface area contributed by atoms with Crippen molar-refractivity contribution in [3.8, 4) is 0 Å². The van der Waals surface area contributed by atoms with E-state index in [2.05, 4.69) is 43.6 Å². The molecule has 0 aromatic carbocycles. The van der Waals surface area contributed by atoms with E-state index in [1.165, 1.54) is 12.8 Å². The van der Waals surface area contributed by atoms with Crippen molar-refractivity contribution in [2.45, 2.75) is 46.1 Å². The molecule has 0 spiro atoms. The minimum Gasteiger partial charge on any atom is -0.375 e. The molecule has 0 atom stereocenters. The summed E-state index contributed by atoms with van der Waals surface area (Å²) in [6.07, 6.45) is 2.44. The third-order valence-corrected chi connectivity index (χ3v) is 3.09. The van der Waals surface area contributed by atoms with E-state index >= 15 is 0 Å². The van der Waals surface area contributed by atoms with Crippen molar-refractivity contribution in [1.29, 1.82) is 0 Å². The summed E-state index contributed by atoms with van der Waals surface area (Å²) in [6, 6.07) is 0. The van der Waals surface area contributed by atoms with Crippen LogP contribution in [0.5, 0.6) is 0 Å². The van der Waals surface area contributed by atoms with E-state index in [0.29, 0.717) is 0 Å². The quantitative estimate of drug-likeness (QED) is 0.506. The van der Waals surface area contributed by atoms with Crippen LogP contribution in [0.1, 0.15) is 40.5 Å². The van der Waals surface area contributed by atoms with E-state index < -0.39 is 0 Å². The summed E-state index contributed by atoms with van der Waals surface area (Å²) in [5, 5.41) is 0.904. The Morgan fingerprint density at radius 2 is 1.92 bits per heavy atom. The molecule has 0 unspecified atom stereocenters. The molecule has 0 aromatic rings. The Bertz CT molecular complexity index is 110. The number of hydrogen-bond donors (Lipinski definition) is 0. The first-order valence-corrected chi connectivity index (χ1v) is 5.80. The molecule has 0 rings (SSSR count). The molecule has 0 bridgehead atoms. The van der Waals surface area contributed by atoms with Gasteiger partial charge in [-0.2, -0.15) is 0 Å². The van der Waals surface area contributed by atoms with Crippen LogP contribution in [0.3, 0.4) is 0 Å². The van der Waals surface area contributed by atoms with Crippen LogP contribution in [0.15, 0.2) is 0 Å². The summed E-state index contributed by atoms with van der Waals surface area (Å²) < 4.78 is 5.68. The van der Waals surface area contributed by atoms with Crippen molar-refractivity contribution in [3.05, 3.63) is 0 Å². The predicted molar refractivity (Wildman–Crippen MR) is 57.9 cm³/mol. The lowest BCUT2D eigenvalue weighted by atomic mass is 10.1. The Hall–Kier alpha value is 0.440. The molecule has 0 saturated carbocycles. The molecular weight excluding hydrogens is 216 g/mol. The van der Waals surface area contributed by atoms with Crippen LogP contribution in [0.2, 0.25) is 0 Å². The van der Waals surface area contributed by atoms with Gasteiger partial charge in [0.25, 0.3) is 0 Å². The monoisotopic (exact) mass is 236 g/mol. The van der Waals surface area contributed by atoms with Crippen molar-refractivity contribution in [2.24, 2.45) is 5.92 Å². The van der Waals surface area contributed by atoms with Crippen LogP contribution in [0.4, 0.5) is 0 Å². The molecular formula is C10H21BrO. The minimum atomic E-state index is -0.00300. The smallest absolute Gasteiger partial charge is 0.0722 e. The van der Waals surface area contributed by atoms with E-state index in [1.54, 1.807) is 0 Å². The zero-order valence-electron chi connectivity index (χ0n) is 8.69. The number of ether oxygens (including phenoxy) is 1. The summed E-state index contributed by atoms with van der Waals surface area (Å²) in [4.78, 5) is 0. The molecule has 0 fully saturated rings. The maximum absolute atomic E-state index is 5.68. The number of halogens is 1. The molecule has 0 heterocycles. The van der Waals surface area contributed by atoms with Gasteiger partial charge in [-0.3, -0.25) is 0 Å². The van der Waals surface area contributed by atoms with Crippen molar-refractivity contribution < 1.29 is 4.74 Å². The van der Waals surface area contributed by atoms with Crippen LogP contribution < -0.4 is 0 Å². The van der Waals surface area contributed by atoms with E-state index in [-0.39, 0.29) is 5.60 Å². The van der Waals surface area contributed by atoms with Gasteiger partial charge < -0.3 is 4.74 Å². The minimum absolute atomic E-state index is 0.00300. The molecule has 1 nitrogen and oxygen atoms in total. The van der Waals surface area contributed by atoms with Gasteiger partial charge >= 0.3 is 0 Å². The lowest BCUT2D eigenvalue weighted by Crippen LogP contribution is -2.26. The first-order valence-electron chi connectivity index (χ1n) is 4.68. The second-order valence-corrected chi connectivity index (χ2v) is 4.84. The maximum atomic E-state index is 5.68. The normalized spacial score (nSPS) is 12.5. The number of alkyl halides is 1. The van der Waals surface area contributed by atoms with Gasteiger partial charge in [0.05, 0.1) is 5.60 Å². The van der Waals surface area contributed by atoms with Gasteiger partial charge in [-0.25, -0.2) is 0 Å². The lowest BCUT2D eigenvalue weighted by molar-refractivity contribution is -0.000952. The van der Waals surface area contributed by atoms with Gasteiger partial charge in [-0.15, -0.1) is 0 Å². The Balaban J connectivity index is 3.31. The largest absolute Gasteiger partial charge is 0.375 e. The second kappa shape index (κ2) is 5.98. The highest BCUT2D eigenvalue weighted by Crippen LogP contribution is 2.13. The Kier molecular flexibility index (Phi) is 6.20. The first kappa shape index (κ1) is 12.4. The summed E-state index contributed by atoms with van der Waals surface area (Å²) in [5.74, 6) is 0.792. The lowest BCUT2D eigenvalue weighted by Gasteiger charge is -2.22. The molecule has 2 heteroatoms. The van der Waals surface area contributed by atoms with Gasteiger partial charge in [0.1, 0.15) is 0 Å². The van der Waals surface area contributed by atoms with Crippen LogP contribution in [0.25, 0.3) is 0 Å². The van der Waals surface area contributed by atoms with Crippen molar-refractivity contribution in [3.63, 3.8) is 0 Å². The standard InChI is InChI=1S/C10H21BrO/c1-9(2)6-5-7-12-10(3,4)8-11/h9H,5-8H2,1-4H3. The predicted octanol–water partition coefficient (Wildman–Crippen LogP) is 3.61. The summed E-state index contributed by atoms with van der Waals surface area (Å²) >= 11 is 3.43. The molecule has 0 aliphatic rings. The second-order valence-electron chi connectivity index (χ2n) is 4.28. The molecule has 12 heavy (non-hydrogen) atoms. The molecule has 0 aliphatic heterocycles. The number of hydrogen-bond acceptors (Lipinski definition) is 1. The topological polar surface area (TPSA) is 9.23 Å². The Morgan fingerprint density at radius 3 is 2.33 bits per heavy atom. The van der Waals surface area contributed by atoms with Crippen LogP contribution in [-0.2, 0) is 4.74 Å². The molecule has 0 N–H and O–H groups in total. The van der Waals surface area contributed by atoms with Gasteiger partial charge in [0, 0.05) is 11.9 Å². The molecule has 0 aromatic heterocycles. The summed E-state index contributed by atoms with van der Waals surface area (Å²) in [6.45, 7) is 9.59. The van der Waals surface area contributed by atoms with Gasteiger partial charge in [-0.05, 0) is 32.6 Å². The van der Waals surface area contributed by atoms with E-state index in [0.717, 1.165) is 17.9 Å². The maximum Gasteiger partial charge on any atom is 0.0722 e. The molecule has 0 aliphatic carbocycles. The van der Waals surface area contributed by atoms with Crippen LogP contribution in [0, 0.1) is 5.92 Å². The highest BCUT2D eigenvalue weighted by Gasteiger charge is 2.15. The summed E-state index contributed by atoms with van der Waals surface area (Å²) in [5.41, 5.74) is -0.00300. The highest BCUT2D eigenvalue weighted by molar-refractivity contribution is 9.09. The van der Waals surface area contributed by atoms with Crippen molar-refractivity contribution >= 4 is 15.9 Å². The highest BCUT2D eigenvalue weighted by atomic mass is 79.9. The summed E-state index contributed by atoms with van der Waals surface area (Å²) in [7, 11) is 0. The molecule has 74 valence electrons. The van der Waals surface area contributed by atoms with Gasteiger partial charge in [-0.1, -0.05) is 29.8 Å². The average molecular weight is 237 g/mol. The van der Waals surface area contributed by atoms with Crippen LogP contribution >= 0.6 is 15.9 Å². The number of rotatable bonds is 6. The first-order chi connectivity index (χ1) is 5.48. The fourth-order valence-corrected chi connectivity index (χ4v) is 1.04. The molecule has 0 saturated heterocycles. The zero-order valence-corrected chi connectivity index (χ0v) is 10.3. The van der Waals surface area contributed by atoms with E-state index in [1.807, 2.05) is 0 Å². The average Bonchev–Trinajstić information content (AvgIpc) is 1.98. The SMILES string of the molecule is CC(C)CCCOC(C)(C)CBr. The fourth-order valence-electron chi connectivity index (χ4n) is 0.879.